The molecule has 0 radical (unpaired) electrons. The zero-order chi connectivity index (χ0) is 15.5. The number of nitrogens with zero attached hydrogens (tertiary/aromatic N) is 3. The van der Waals surface area contributed by atoms with Gasteiger partial charge in [-0.25, -0.2) is 4.98 Å². The first-order valence-electron chi connectivity index (χ1n) is 7.96. The third-order valence-corrected chi connectivity index (χ3v) is 4.15. The van der Waals surface area contributed by atoms with E-state index in [1.165, 1.54) is 18.4 Å². The highest BCUT2D eigenvalue weighted by Crippen LogP contribution is 2.20. The van der Waals surface area contributed by atoms with Crippen molar-refractivity contribution in [2.24, 2.45) is 0 Å². The number of hydrogen-bond donors (Lipinski definition) is 1. The molecule has 0 aromatic carbocycles. The second kappa shape index (κ2) is 6.75. The van der Waals surface area contributed by atoms with Gasteiger partial charge in [0.1, 0.15) is 5.82 Å². The normalized spacial score (nSPS) is 17.5. The maximum absolute atomic E-state index is 4.65. The Balaban J connectivity index is 1.88. The topological polar surface area (TPSA) is 31.4 Å². The van der Waals surface area contributed by atoms with Gasteiger partial charge in [-0.3, -0.25) is 0 Å². The third-order valence-electron chi connectivity index (χ3n) is 4.15. The molecule has 0 unspecified atom stereocenters. The van der Waals surface area contributed by atoms with E-state index in [1.807, 2.05) is 6.20 Å². The van der Waals surface area contributed by atoms with Crippen LogP contribution < -0.4 is 10.2 Å². The molecule has 0 saturated carbocycles. The Labute approximate surface area is 129 Å². The zero-order valence-electron chi connectivity index (χ0n) is 14.2. The Morgan fingerprint density at radius 2 is 1.90 bits per heavy atom. The first-order chi connectivity index (χ1) is 9.85. The van der Waals surface area contributed by atoms with Gasteiger partial charge in [-0.2, -0.15) is 0 Å². The third kappa shape index (κ3) is 4.97. The van der Waals surface area contributed by atoms with E-state index in [2.05, 4.69) is 67.1 Å². The van der Waals surface area contributed by atoms with Crippen LogP contribution in [-0.2, 0) is 6.54 Å². The van der Waals surface area contributed by atoms with Gasteiger partial charge in [-0.05, 0) is 59.3 Å². The molecular weight excluding hydrogens is 260 g/mol. The molecule has 1 aliphatic heterocycles. The fourth-order valence-corrected chi connectivity index (χ4v) is 2.69. The SMILES string of the molecule is CN(C)C1CCN(c2ccc(CNC(C)(C)C)cn2)CC1. The maximum Gasteiger partial charge on any atom is 0.128 e. The quantitative estimate of drug-likeness (QED) is 0.923. The minimum atomic E-state index is 0.146. The van der Waals surface area contributed by atoms with Gasteiger partial charge in [0, 0.05) is 37.4 Å². The molecular formula is C17H30N4. The molecule has 2 heterocycles. The average Bonchev–Trinajstić information content (AvgIpc) is 2.45. The van der Waals surface area contributed by atoms with Gasteiger partial charge >= 0.3 is 0 Å². The highest BCUT2D eigenvalue weighted by Gasteiger charge is 2.21. The zero-order valence-corrected chi connectivity index (χ0v) is 14.2. The van der Waals surface area contributed by atoms with Crippen molar-refractivity contribution >= 4 is 5.82 Å². The van der Waals surface area contributed by atoms with Gasteiger partial charge in [0.05, 0.1) is 0 Å². The number of hydrogen-bond acceptors (Lipinski definition) is 4. The number of rotatable bonds is 4. The predicted octanol–water partition coefficient (Wildman–Crippen LogP) is 2.50. The average molecular weight is 290 g/mol. The number of pyridine rings is 1. The van der Waals surface area contributed by atoms with Gasteiger partial charge in [-0.1, -0.05) is 6.07 Å². The first-order valence-corrected chi connectivity index (χ1v) is 7.96. The minimum absolute atomic E-state index is 0.146. The summed E-state index contributed by atoms with van der Waals surface area (Å²) in [5.74, 6) is 1.12. The van der Waals surface area contributed by atoms with E-state index in [0.717, 1.165) is 31.5 Å². The monoisotopic (exact) mass is 290 g/mol. The highest BCUT2D eigenvalue weighted by atomic mass is 15.2. The Morgan fingerprint density at radius 1 is 1.24 bits per heavy atom. The van der Waals surface area contributed by atoms with Gasteiger partial charge < -0.3 is 15.1 Å². The largest absolute Gasteiger partial charge is 0.357 e. The van der Waals surface area contributed by atoms with Gasteiger partial charge in [0.2, 0.25) is 0 Å². The molecule has 1 N–H and O–H groups in total. The standard InChI is InChI=1S/C17H30N4/c1-17(2,3)19-13-14-6-7-16(18-12-14)21-10-8-15(9-11-21)20(4)5/h6-7,12,15,19H,8-11,13H2,1-5H3. The lowest BCUT2D eigenvalue weighted by molar-refractivity contribution is 0.249. The van der Waals surface area contributed by atoms with Crippen LogP contribution in [0.15, 0.2) is 18.3 Å². The minimum Gasteiger partial charge on any atom is -0.357 e. The van der Waals surface area contributed by atoms with Crippen LogP contribution in [0, 0.1) is 0 Å². The lowest BCUT2D eigenvalue weighted by atomic mass is 10.0. The molecule has 4 heteroatoms. The van der Waals surface area contributed by atoms with Gasteiger partial charge in [0.25, 0.3) is 0 Å². The molecule has 1 fully saturated rings. The second-order valence-corrected chi connectivity index (χ2v) is 7.31. The van der Waals surface area contributed by atoms with Gasteiger partial charge in [-0.15, -0.1) is 0 Å². The summed E-state index contributed by atoms with van der Waals surface area (Å²) in [4.78, 5) is 9.39. The summed E-state index contributed by atoms with van der Waals surface area (Å²) < 4.78 is 0. The van der Waals surface area contributed by atoms with E-state index in [1.54, 1.807) is 0 Å². The Bertz CT molecular complexity index is 425. The van der Waals surface area contributed by atoms with Gasteiger partial charge in [0.15, 0.2) is 0 Å². The fourth-order valence-electron chi connectivity index (χ4n) is 2.69. The molecule has 1 saturated heterocycles. The van der Waals surface area contributed by atoms with Crippen molar-refractivity contribution in [3.63, 3.8) is 0 Å². The second-order valence-electron chi connectivity index (χ2n) is 7.31. The Morgan fingerprint density at radius 3 is 2.38 bits per heavy atom. The van der Waals surface area contributed by atoms with E-state index in [-0.39, 0.29) is 5.54 Å². The van der Waals surface area contributed by atoms with E-state index in [4.69, 9.17) is 0 Å². The van der Waals surface area contributed by atoms with Crippen LogP contribution in [0.1, 0.15) is 39.2 Å². The molecule has 0 amide bonds. The number of aromatic nitrogens is 1. The lowest BCUT2D eigenvalue weighted by Gasteiger charge is -2.35. The van der Waals surface area contributed by atoms with Crippen molar-refractivity contribution in [3.05, 3.63) is 23.9 Å². The lowest BCUT2D eigenvalue weighted by Crippen LogP contribution is -2.42. The smallest absolute Gasteiger partial charge is 0.128 e. The van der Waals surface area contributed by atoms with E-state index >= 15 is 0 Å². The number of piperidine rings is 1. The summed E-state index contributed by atoms with van der Waals surface area (Å²) in [5, 5.41) is 3.50. The molecule has 0 atom stereocenters. The van der Waals surface area contributed by atoms with Crippen molar-refractivity contribution in [3.8, 4) is 0 Å². The van der Waals surface area contributed by atoms with Crippen molar-refractivity contribution < 1.29 is 0 Å². The molecule has 0 bridgehead atoms. The van der Waals surface area contributed by atoms with E-state index < -0.39 is 0 Å². The van der Waals surface area contributed by atoms with Crippen molar-refractivity contribution in [1.82, 2.24) is 15.2 Å². The summed E-state index contributed by atoms with van der Waals surface area (Å²) in [6.45, 7) is 9.64. The van der Waals surface area contributed by atoms with E-state index in [0.29, 0.717) is 0 Å². The molecule has 0 aliphatic carbocycles. The number of anilines is 1. The van der Waals surface area contributed by atoms with Crippen LogP contribution in [0.25, 0.3) is 0 Å². The van der Waals surface area contributed by atoms with Crippen LogP contribution in [0.2, 0.25) is 0 Å². The van der Waals surface area contributed by atoms with Crippen molar-refractivity contribution in [1.29, 1.82) is 0 Å². The van der Waals surface area contributed by atoms with Crippen molar-refractivity contribution in [2.75, 3.05) is 32.1 Å². The maximum atomic E-state index is 4.65. The molecule has 1 aromatic rings. The molecule has 4 nitrogen and oxygen atoms in total. The Kier molecular flexibility index (Phi) is 5.22. The van der Waals surface area contributed by atoms with Crippen LogP contribution in [0.3, 0.4) is 0 Å². The highest BCUT2D eigenvalue weighted by molar-refractivity contribution is 5.39. The summed E-state index contributed by atoms with van der Waals surface area (Å²) in [6.07, 6.45) is 4.45. The molecule has 1 aliphatic rings. The van der Waals surface area contributed by atoms with E-state index in [9.17, 15) is 0 Å². The summed E-state index contributed by atoms with van der Waals surface area (Å²) >= 11 is 0. The molecule has 2 rings (SSSR count). The molecule has 118 valence electrons. The first kappa shape index (κ1) is 16.2. The fraction of sp³-hybridized carbons (Fsp3) is 0.706. The Hall–Kier alpha value is -1.13. The summed E-state index contributed by atoms with van der Waals surface area (Å²) in [7, 11) is 4.35. The summed E-state index contributed by atoms with van der Waals surface area (Å²) in [6, 6.07) is 5.07. The van der Waals surface area contributed by atoms with Crippen LogP contribution in [0.4, 0.5) is 5.82 Å². The van der Waals surface area contributed by atoms with Crippen molar-refractivity contribution in [2.45, 2.75) is 51.7 Å². The van der Waals surface area contributed by atoms with Crippen LogP contribution in [-0.4, -0.2) is 48.6 Å². The van der Waals surface area contributed by atoms with Crippen LogP contribution >= 0.6 is 0 Å². The molecule has 1 aromatic heterocycles. The van der Waals surface area contributed by atoms with Crippen LogP contribution in [0.5, 0.6) is 0 Å². The predicted molar refractivity (Wildman–Crippen MR) is 89.8 cm³/mol. The molecule has 0 spiro atoms. The number of nitrogens with one attached hydrogen (secondary N) is 1. The molecule has 21 heavy (non-hydrogen) atoms. The summed E-state index contributed by atoms with van der Waals surface area (Å²) in [5.41, 5.74) is 1.39.